The predicted molar refractivity (Wildman–Crippen MR) is 78.4 cm³/mol. The molecule has 0 bridgehead atoms. The van der Waals surface area contributed by atoms with Crippen LogP contribution in [0.3, 0.4) is 0 Å². The lowest BCUT2D eigenvalue weighted by molar-refractivity contribution is -0.384. The predicted octanol–water partition coefficient (Wildman–Crippen LogP) is 2.43. The molecule has 1 aromatic rings. The highest BCUT2D eigenvalue weighted by Gasteiger charge is 2.33. The van der Waals surface area contributed by atoms with Crippen LogP contribution in [0, 0.1) is 10.1 Å². The standard InChI is InChI=1S/C13H18ClN3O3/c1-20-9-13(5-2-6-16-13)8-15-12-4-3-10(17(18)19)7-11(12)14/h3-4,7,15-16H,2,5-6,8-9H2,1H3. The molecule has 0 saturated carbocycles. The van der Waals surface area contributed by atoms with Gasteiger partial charge < -0.3 is 15.4 Å². The van der Waals surface area contributed by atoms with Crippen molar-refractivity contribution in [2.24, 2.45) is 0 Å². The van der Waals surface area contributed by atoms with Crippen LogP contribution < -0.4 is 10.6 Å². The van der Waals surface area contributed by atoms with E-state index in [4.69, 9.17) is 16.3 Å². The number of ether oxygens (including phenoxy) is 1. The van der Waals surface area contributed by atoms with E-state index in [1.807, 2.05) is 0 Å². The number of rotatable bonds is 6. The highest BCUT2D eigenvalue weighted by atomic mass is 35.5. The summed E-state index contributed by atoms with van der Waals surface area (Å²) in [4.78, 5) is 10.2. The zero-order valence-electron chi connectivity index (χ0n) is 11.3. The van der Waals surface area contributed by atoms with Gasteiger partial charge in [-0.05, 0) is 25.5 Å². The van der Waals surface area contributed by atoms with Gasteiger partial charge in [-0.3, -0.25) is 10.1 Å². The Morgan fingerprint density at radius 3 is 2.95 bits per heavy atom. The van der Waals surface area contributed by atoms with Gasteiger partial charge in [0.05, 0.1) is 27.8 Å². The van der Waals surface area contributed by atoms with Crippen LogP contribution in [0.4, 0.5) is 11.4 Å². The van der Waals surface area contributed by atoms with Gasteiger partial charge in [-0.15, -0.1) is 0 Å². The van der Waals surface area contributed by atoms with Gasteiger partial charge in [0.2, 0.25) is 0 Å². The van der Waals surface area contributed by atoms with Crippen LogP contribution in [-0.4, -0.2) is 37.3 Å². The van der Waals surface area contributed by atoms with Crippen molar-refractivity contribution < 1.29 is 9.66 Å². The molecule has 1 aromatic carbocycles. The third-order valence-electron chi connectivity index (χ3n) is 3.53. The molecule has 1 aliphatic heterocycles. The molecule has 110 valence electrons. The molecule has 0 aliphatic carbocycles. The highest BCUT2D eigenvalue weighted by Crippen LogP contribution is 2.28. The van der Waals surface area contributed by atoms with Crippen molar-refractivity contribution in [2.45, 2.75) is 18.4 Å². The van der Waals surface area contributed by atoms with E-state index in [1.54, 1.807) is 13.2 Å². The number of nitrogens with zero attached hydrogens (tertiary/aromatic N) is 1. The summed E-state index contributed by atoms with van der Waals surface area (Å²) in [6.45, 7) is 2.25. The SMILES string of the molecule is COCC1(CNc2ccc([N+](=O)[O-])cc2Cl)CCCN1. The fraction of sp³-hybridized carbons (Fsp3) is 0.538. The highest BCUT2D eigenvalue weighted by molar-refractivity contribution is 6.33. The first kappa shape index (κ1) is 15.0. The summed E-state index contributed by atoms with van der Waals surface area (Å²) < 4.78 is 5.27. The number of methoxy groups -OCH3 is 1. The minimum absolute atomic E-state index is 0.00820. The molecular formula is C13H18ClN3O3. The number of nitrogens with one attached hydrogen (secondary N) is 2. The van der Waals surface area contributed by atoms with E-state index in [1.165, 1.54) is 12.1 Å². The van der Waals surface area contributed by atoms with E-state index in [0.717, 1.165) is 19.4 Å². The van der Waals surface area contributed by atoms with Crippen LogP contribution in [0.2, 0.25) is 5.02 Å². The van der Waals surface area contributed by atoms with Gasteiger partial charge in [0.1, 0.15) is 0 Å². The summed E-state index contributed by atoms with van der Waals surface area (Å²) in [7, 11) is 1.68. The molecule has 6 nitrogen and oxygen atoms in total. The minimum atomic E-state index is -0.458. The molecule has 1 aliphatic rings. The molecule has 1 unspecified atom stereocenters. The summed E-state index contributed by atoms with van der Waals surface area (Å²) in [6.07, 6.45) is 2.14. The smallest absolute Gasteiger partial charge is 0.271 e. The van der Waals surface area contributed by atoms with Gasteiger partial charge in [0, 0.05) is 25.8 Å². The number of nitro benzene ring substituents is 1. The van der Waals surface area contributed by atoms with Crippen molar-refractivity contribution in [3.8, 4) is 0 Å². The van der Waals surface area contributed by atoms with E-state index >= 15 is 0 Å². The molecule has 0 radical (unpaired) electrons. The van der Waals surface area contributed by atoms with Gasteiger partial charge in [-0.2, -0.15) is 0 Å². The second-order valence-electron chi connectivity index (χ2n) is 5.02. The topological polar surface area (TPSA) is 76.4 Å². The molecule has 1 heterocycles. The van der Waals surface area contributed by atoms with Gasteiger partial charge in [-0.1, -0.05) is 11.6 Å². The Hall–Kier alpha value is -1.37. The second kappa shape index (κ2) is 6.39. The van der Waals surface area contributed by atoms with Crippen LogP contribution in [-0.2, 0) is 4.74 Å². The molecule has 7 heteroatoms. The monoisotopic (exact) mass is 299 g/mol. The van der Waals surface area contributed by atoms with E-state index in [-0.39, 0.29) is 11.2 Å². The lowest BCUT2D eigenvalue weighted by Crippen LogP contribution is -2.49. The van der Waals surface area contributed by atoms with Gasteiger partial charge >= 0.3 is 0 Å². The van der Waals surface area contributed by atoms with Crippen LogP contribution in [0.15, 0.2) is 18.2 Å². The Kier molecular flexibility index (Phi) is 4.80. The Labute approximate surface area is 122 Å². The Bertz CT molecular complexity index is 490. The maximum absolute atomic E-state index is 10.7. The van der Waals surface area contributed by atoms with Gasteiger partial charge in [-0.25, -0.2) is 0 Å². The summed E-state index contributed by atoms with van der Waals surface area (Å²) >= 11 is 6.06. The number of hydrogen-bond acceptors (Lipinski definition) is 5. The minimum Gasteiger partial charge on any atom is -0.383 e. The molecule has 2 N–H and O–H groups in total. The number of non-ortho nitro benzene ring substituents is 1. The summed E-state index contributed by atoms with van der Waals surface area (Å²) in [5, 5.41) is 17.7. The third-order valence-corrected chi connectivity index (χ3v) is 3.85. The zero-order valence-corrected chi connectivity index (χ0v) is 12.1. The van der Waals surface area contributed by atoms with E-state index < -0.39 is 4.92 Å². The van der Waals surface area contributed by atoms with Crippen LogP contribution in [0.25, 0.3) is 0 Å². The molecule has 0 spiro atoms. The summed E-state index contributed by atoms with van der Waals surface area (Å²) in [5.41, 5.74) is 0.590. The maximum Gasteiger partial charge on any atom is 0.271 e. The van der Waals surface area contributed by atoms with Crippen LogP contribution in [0.1, 0.15) is 12.8 Å². The molecule has 0 aromatic heterocycles. The lowest BCUT2D eigenvalue weighted by Gasteiger charge is -2.29. The number of halogens is 1. The second-order valence-corrected chi connectivity index (χ2v) is 5.43. The Morgan fingerprint density at radius 2 is 2.40 bits per heavy atom. The first-order valence-corrected chi connectivity index (χ1v) is 6.86. The Morgan fingerprint density at radius 1 is 1.60 bits per heavy atom. The molecule has 1 saturated heterocycles. The number of benzene rings is 1. The lowest BCUT2D eigenvalue weighted by atomic mass is 9.98. The van der Waals surface area contributed by atoms with Gasteiger partial charge in [0.15, 0.2) is 0 Å². The maximum atomic E-state index is 10.7. The Balaban J connectivity index is 2.04. The quantitative estimate of drug-likeness (QED) is 0.623. The van der Waals surface area contributed by atoms with Crippen LogP contribution in [0.5, 0.6) is 0 Å². The van der Waals surface area contributed by atoms with Crippen LogP contribution >= 0.6 is 11.6 Å². The van der Waals surface area contributed by atoms with Crippen molar-refractivity contribution in [3.05, 3.63) is 33.3 Å². The van der Waals surface area contributed by atoms with Crippen molar-refractivity contribution in [2.75, 3.05) is 32.1 Å². The number of hydrogen-bond donors (Lipinski definition) is 2. The fourth-order valence-corrected chi connectivity index (χ4v) is 2.74. The average molecular weight is 300 g/mol. The first-order valence-electron chi connectivity index (χ1n) is 6.48. The largest absolute Gasteiger partial charge is 0.383 e. The van der Waals surface area contributed by atoms with E-state index in [9.17, 15) is 10.1 Å². The zero-order chi connectivity index (χ0) is 14.6. The third kappa shape index (κ3) is 3.39. The normalized spacial score (nSPS) is 21.9. The summed E-state index contributed by atoms with van der Waals surface area (Å²) in [5.74, 6) is 0. The molecular weight excluding hydrogens is 282 g/mol. The van der Waals surface area contributed by atoms with Crippen molar-refractivity contribution >= 4 is 23.0 Å². The molecule has 2 rings (SSSR count). The van der Waals surface area contributed by atoms with Gasteiger partial charge in [0.25, 0.3) is 5.69 Å². The van der Waals surface area contributed by atoms with Crippen molar-refractivity contribution in [1.82, 2.24) is 5.32 Å². The van der Waals surface area contributed by atoms with Crippen molar-refractivity contribution in [3.63, 3.8) is 0 Å². The van der Waals surface area contributed by atoms with E-state index in [0.29, 0.717) is 23.9 Å². The van der Waals surface area contributed by atoms with E-state index in [2.05, 4.69) is 10.6 Å². The average Bonchev–Trinajstić information content (AvgIpc) is 2.86. The fourth-order valence-electron chi connectivity index (χ4n) is 2.50. The molecule has 1 fully saturated rings. The number of anilines is 1. The summed E-state index contributed by atoms with van der Waals surface area (Å²) in [6, 6.07) is 4.43. The first-order chi connectivity index (χ1) is 9.56. The number of nitro groups is 1. The molecule has 0 amide bonds. The molecule has 20 heavy (non-hydrogen) atoms. The van der Waals surface area contributed by atoms with Crippen molar-refractivity contribution in [1.29, 1.82) is 0 Å². The molecule has 1 atom stereocenters.